The molecule has 152 valence electrons. The van der Waals surface area contributed by atoms with Gasteiger partial charge < -0.3 is 25.2 Å². The van der Waals surface area contributed by atoms with E-state index < -0.39 is 37.1 Å². The Balaban J connectivity index is 1.60. The van der Waals surface area contributed by atoms with Gasteiger partial charge in [0.05, 0.1) is 18.2 Å². The van der Waals surface area contributed by atoms with E-state index in [-0.39, 0.29) is 0 Å². The maximum atomic E-state index is 10.4. The quantitative estimate of drug-likeness (QED) is 0.611. The molecule has 2 aromatic rings. The van der Waals surface area contributed by atoms with Gasteiger partial charge in [-0.1, -0.05) is 36.4 Å². The van der Waals surface area contributed by atoms with E-state index in [1.807, 2.05) is 0 Å². The van der Waals surface area contributed by atoms with Crippen LogP contribution in [0.5, 0.6) is 0 Å². The van der Waals surface area contributed by atoms with Crippen LogP contribution in [0.15, 0.2) is 42.5 Å². The van der Waals surface area contributed by atoms with Gasteiger partial charge in [0.25, 0.3) is 0 Å². The van der Waals surface area contributed by atoms with E-state index in [2.05, 4.69) is 30.3 Å². The summed E-state index contributed by atoms with van der Waals surface area (Å²) in [7, 11) is 0. The predicted molar refractivity (Wildman–Crippen MR) is 105 cm³/mol. The van der Waals surface area contributed by atoms with Crippen LogP contribution in [0.25, 0.3) is 0 Å². The molecule has 1 heterocycles. The molecule has 2 aromatic carbocycles. The van der Waals surface area contributed by atoms with Gasteiger partial charge in [-0.15, -0.1) is 0 Å². The number of rotatable bonds is 5. The monoisotopic (exact) mass is 395 g/mol. The third-order valence-corrected chi connectivity index (χ3v) is 5.89. The Morgan fingerprint density at radius 1 is 0.931 bits per heavy atom. The van der Waals surface area contributed by atoms with Gasteiger partial charge in [-0.25, -0.2) is 0 Å². The smallest absolute Gasteiger partial charge is 0.113 e. The number of hydrogen-bond acceptors (Lipinski definition) is 6. The summed E-state index contributed by atoms with van der Waals surface area (Å²) in [6, 6.07) is 15.8. The van der Waals surface area contributed by atoms with Crippen LogP contribution in [0.4, 0.5) is 0 Å². The predicted octanol–water partition coefficient (Wildman–Crippen LogP) is 1.54. The lowest BCUT2D eigenvalue weighted by Crippen LogP contribution is -2.55. The fourth-order valence-electron chi connectivity index (χ4n) is 3.97. The van der Waals surface area contributed by atoms with Gasteiger partial charge in [0.15, 0.2) is 0 Å². The summed E-state index contributed by atoms with van der Waals surface area (Å²) in [5, 5.41) is 49.3. The van der Waals surface area contributed by atoms with Crippen LogP contribution >= 0.6 is 0 Å². The van der Waals surface area contributed by atoms with Crippen molar-refractivity contribution in [3.05, 3.63) is 70.3 Å². The fraction of sp³-hybridized carbons (Fsp3) is 0.435. The molecule has 0 bridgehead atoms. The zero-order valence-corrected chi connectivity index (χ0v) is 16.0. The van der Waals surface area contributed by atoms with E-state index in [0.29, 0.717) is 23.5 Å². The van der Waals surface area contributed by atoms with Crippen molar-refractivity contribution >= 4 is 0 Å². The summed E-state index contributed by atoms with van der Waals surface area (Å²) in [5.74, 6) is 0.688. The average Bonchev–Trinajstić information content (AvgIpc) is 3.58. The summed E-state index contributed by atoms with van der Waals surface area (Å²) in [5.41, 5.74) is 4.34. The maximum Gasteiger partial charge on any atom is 0.113 e. The van der Waals surface area contributed by atoms with Gasteiger partial charge in [-0.3, -0.25) is 0 Å². The summed E-state index contributed by atoms with van der Waals surface area (Å²) >= 11 is 0. The Morgan fingerprint density at radius 2 is 1.62 bits per heavy atom. The number of aliphatic hydroxyl groups is 4. The first-order chi connectivity index (χ1) is 14.0. The molecule has 6 heteroatoms. The number of benzene rings is 2. The van der Waals surface area contributed by atoms with Gasteiger partial charge in [-0.2, -0.15) is 5.26 Å². The second kappa shape index (κ2) is 8.23. The molecule has 1 aliphatic carbocycles. The Bertz CT molecular complexity index is 900. The Morgan fingerprint density at radius 3 is 2.24 bits per heavy atom. The molecular formula is C23H25NO5. The van der Waals surface area contributed by atoms with Crippen molar-refractivity contribution in [2.75, 3.05) is 6.61 Å². The van der Waals surface area contributed by atoms with Crippen molar-refractivity contribution in [2.24, 2.45) is 0 Å². The lowest BCUT2D eigenvalue weighted by atomic mass is 9.89. The molecule has 0 spiro atoms. The minimum Gasteiger partial charge on any atom is -0.394 e. The number of hydrogen-bond donors (Lipinski definition) is 4. The number of nitrogens with zero attached hydrogens (tertiary/aromatic N) is 1. The normalized spacial score (nSPS) is 29.4. The molecule has 1 aliphatic heterocycles. The second-order valence-electron chi connectivity index (χ2n) is 7.97. The number of ether oxygens (including phenoxy) is 1. The zero-order valence-electron chi connectivity index (χ0n) is 16.0. The van der Waals surface area contributed by atoms with Crippen LogP contribution in [0.1, 0.15) is 52.7 Å². The van der Waals surface area contributed by atoms with E-state index in [4.69, 9.17) is 4.74 Å². The molecule has 4 N–H and O–H groups in total. The second-order valence-corrected chi connectivity index (χ2v) is 7.97. The van der Waals surface area contributed by atoms with Crippen molar-refractivity contribution in [3.8, 4) is 6.07 Å². The fourth-order valence-corrected chi connectivity index (χ4v) is 3.97. The highest BCUT2D eigenvalue weighted by atomic mass is 16.5. The minimum atomic E-state index is -1.43. The largest absolute Gasteiger partial charge is 0.394 e. The van der Waals surface area contributed by atoms with E-state index >= 15 is 0 Å². The average molecular weight is 395 g/mol. The van der Waals surface area contributed by atoms with E-state index in [1.54, 1.807) is 18.2 Å². The molecule has 1 unspecified atom stereocenters. The highest BCUT2D eigenvalue weighted by Crippen LogP contribution is 2.40. The van der Waals surface area contributed by atoms with Crippen molar-refractivity contribution in [2.45, 2.75) is 55.7 Å². The van der Waals surface area contributed by atoms with Gasteiger partial charge in [0.2, 0.25) is 0 Å². The van der Waals surface area contributed by atoms with Crippen LogP contribution in [0.2, 0.25) is 0 Å². The van der Waals surface area contributed by atoms with E-state index in [0.717, 1.165) is 11.1 Å². The standard InChI is InChI=1S/C23H25NO5/c24-11-17-8-7-16(23-22(28)21(27)20(26)19(12-25)29-23)10-18(17)9-13-1-3-14(4-2-13)15-5-6-15/h1-4,7-8,10,15,19-23,25-28H,5-6,9,12H2/t19-,20-,21+,22-,23?/m0/s1. The van der Waals surface area contributed by atoms with Crippen molar-refractivity contribution < 1.29 is 25.2 Å². The molecule has 2 fully saturated rings. The first-order valence-corrected chi connectivity index (χ1v) is 9.94. The third kappa shape index (κ3) is 4.06. The van der Waals surface area contributed by atoms with Crippen LogP contribution in [0.3, 0.4) is 0 Å². The summed E-state index contributed by atoms with van der Waals surface area (Å²) in [6.07, 6.45) is -2.99. The topological polar surface area (TPSA) is 114 Å². The molecule has 1 saturated heterocycles. The van der Waals surface area contributed by atoms with Crippen molar-refractivity contribution in [3.63, 3.8) is 0 Å². The molecule has 1 saturated carbocycles. The third-order valence-electron chi connectivity index (χ3n) is 5.89. The lowest BCUT2D eigenvalue weighted by molar-refractivity contribution is -0.231. The van der Waals surface area contributed by atoms with E-state index in [9.17, 15) is 25.7 Å². The molecule has 5 atom stereocenters. The minimum absolute atomic E-state index is 0.474. The first-order valence-electron chi connectivity index (χ1n) is 9.94. The molecule has 0 amide bonds. The highest BCUT2D eigenvalue weighted by molar-refractivity contribution is 5.44. The van der Waals surface area contributed by atoms with Crippen molar-refractivity contribution in [1.29, 1.82) is 5.26 Å². The zero-order chi connectivity index (χ0) is 20.5. The molecule has 6 nitrogen and oxygen atoms in total. The Labute approximate surface area is 169 Å². The molecule has 29 heavy (non-hydrogen) atoms. The van der Waals surface area contributed by atoms with Crippen LogP contribution < -0.4 is 0 Å². The Kier molecular flexibility index (Phi) is 5.68. The van der Waals surface area contributed by atoms with Crippen LogP contribution in [-0.4, -0.2) is 51.4 Å². The van der Waals surface area contributed by atoms with E-state index in [1.165, 1.54) is 18.4 Å². The van der Waals surface area contributed by atoms with Gasteiger partial charge in [-0.05, 0) is 53.5 Å². The highest BCUT2D eigenvalue weighted by Gasteiger charge is 2.44. The lowest BCUT2D eigenvalue weighted by Gasteiger charge is -2.40. The van der Waals surface area contributed by atoms with Crippen LogP contribution in [-0.2, 0) is 11.2 Å². The van der Waals surface area contributed by atoms with Crippen LogP contribution in [0, 0.1) is 11.3 Å². The van der Waals surface area contributed by atoms with Crippen molar-refractivity contribution in [1.82, 2.24) is 0 Å². The molecule has 2 aliphatic rings. The summed E-state index contributed by atoms with van der Waals surface area (Å²) < 4.78 is 5.65. The summed E-state index contributed by atoms with van der Waals surface area (Å²) in [4.78, 5) is 0. The molecule has 4 rings (SSSR count). The number of aliphatic hydroxyl groups excluding tert-OH is 4. The van der Waals surface area contributed by atoms with Gasteiger partial charge in [0, 0.05) is 0 Å². The molecular weight excluding hydrogens is 370 g/mol. The maximum absolute atomic E-state index is 10.4. The van der Waals surface area contributed by atoms with Gasteiger partial charge >= 0.3 is 0 Å². The first kappa shape index (κ1) is 20.0. The molecule has 0 radical (unpaired) electrons. The Hall–Kier alpha value is -2.27. The number of nitriles is 1. The molecule has 0 aromatic heterocycles. The van der Waals surface area contributed by atoms with Gasteiger partial charge in [0.1, 0.15) is 30.5 Å². The SMILES string of the molecule is N#Cc1ccc(C2O[C@@H](CO)[C@H](O)[C@@H](O)[C@@H]2O)cc1Cc1ccc(C2CC2)cc1. The summed E-state index contributed by atoms with van der Waals surface area (Å²) in [6.45, 7) is -0.474.